The van der Waals surface area contributed by atoms with Crippen LogP contribution in [0.25, 0.3) is 0 Å². The van der Waals surface area contributed by atoms with Crippen molar-refractivity contribution < 1.29 is 19.0 Å². The molecule has 6 heteroatoms. The van der Waals surface area contributed by atoms with Crippen molar-refractivity contribution in [2.45, 2.75) is 10.1 Å². The number of thioether (sulfide) groups is 1. The molecule has 1 aromatic rings. The molecule has 0 bridgehead atoms. The van der Waals surface area contributed by atoms with Crippen LogP contribution in [0, 0.1) is 5.82 Å². The Bertz CT molecular complexity index is 434. The fraction of sp³-hybridized carbons (Fsp3) is 0.300. The van der Waals surface area contributed by atoms with E-state index >= 15 is 0 Å². The minimum Gasteiger partial charge on any atom is -0.478 e. The first-order valence-electron chi connectivity index (χ1n) is 4.64. The molecule has 1 aromatic carbocycles. The number of benzene rings is 1. The number of carboxylic acid groups (broad SMARTS) is 1. The van der Waals surface area contributed by atoms with Crippen LogP contribution in [0.3, 0.4) is 0 Å². The summed E-state index contributed by atoms with van der Waals surface area (Å²) in [7, 11) is 0. The molecule has 0 atom stereocenters. The van der Waals surface area contributed by atoms with Crippen molar-refractivity contribution in [3.8, 4) is 0 Å². The third kappa shape index (κ3) is 2.12. The van der Waals surface area contributed by atoms with Crippen LogP contribution in [-0.4, -0.2) is 29.5 Å². The maximum Gasteiger partial charge on any atom is 0.337 e. The van der Waals surface area contributed by atoms with E-state index in [2.05, 4.69) is 0 Å². The van der Waals surface area contributed by atoms with Crippen molar-refractivity contribution in [1.29, 1.82) is 0 Å². The maximum atomic E-state index is 13.5. The van der Waals surface area contributed by atoms with Gasteiger partial charge in [-0.1, -0.05) is 0 Å². The molecule has 4 nitrogen and oxygen atoms in total. The smallest absolute Gasteiger partial charge is 0.337 e. The van der Waals surface area contributed by atoms with Crippen molar-refractivity contribution in [1.82, 2.24) is 0 Å². The van der Waals surface area contributed by atoms with Gasteiger partial charge in [-0.05, 0) is 12.1 Å². The predicted molar refractivity (Wildman–Crippen MR) is 58.2 cm³/mol. The van der Waals surface area contributed by atoms with Gasteiger partial charge < -0.3 is 15.6 Å². The molecule has 0 saturated carbocycles. The summed E-state index contributed by atoms with van der Waals surface area (Å²) in [5, 5.41) is 9.04. The van der Waals surface area contributed by atoms with E-state index in [1.807, 2.05) is 0 Å². The topological polar surface area (TPSA) is 72.5 Å². The Morgan fingerprint density at radius 2 is 2.25 bits per heavy atom. The van der Waals surface area contributed by atoms with Crippen molar-refractivity contribution >= 4 is 23.4 Å². The Kier molecular flexibility index (Phi) is 3.02. The van der Waals surface area contributed by atoms with Crippen LogP contribution in [-0.2, 0) is 4.74 Å². The molecular formula is C10H10FNO3S. The van der Waals surface area contributed by atoms with Crippen LogP contribution in [0.5, 0.6) is 0 Å². The number of nitrogen functional groups attached to an aromatic ring is 1. The minimum absolute atomic E-state index is 0.0563. The number of ether oxygens (including phenoxy) is 1. The van der Waals surface area contributed by atoms with Crippen LogP contribution in [0.4, 0.5) is 10.1 Å². The number of anilines is 1. The molecule has 1 aliphatic heterocycles. The number of carboxylic acids is 1. The second kappa shape index (κ2) is 4.31. The van der Waals surface area contributed by atoms with Crippen LogP contribution >= 0.6 is 11.8 Å². The Morgan fingerprint density at radius 3 is 2.75 bits per heavy atom. The van der Waals surface area contributed by atoms with E-state index in [9.17, 15) is 9.18 Å². The average Bonchev–Trinajstić information content (AvgIpc) is 2.13. The summed E-state index contributed by atoms with van der Waals surface area (Å²) >= 11 is 1.28. The maximum absolute atomic E-state index is 13.5. The molecule has 2 rings (SSSR count). The molecule has 0 aliphatic carbocycles. The number of nitrogens with two attached hydrogens (primary N) is 1. The van der Waals surface area contributed by atoms with Crippen LogP contribution < -0.4 is 5.73 Å². The van der Waals surface area contributed by atoms with Crippen LogP contribution in [0.2, 0.25) is 0 Å². The molecule has 1 aliphatic rings. The lowest BCUT2D eigenvalue weighted by atomic mass is 10.2. The van der Waals surface area contributed by atoms with Gasteiger partial charge in [0.15, 0.2) is 0 Å². The van der Waals surface area contributed by atoms with Crippen molar-refractivity contribution in [2.24, 2.45) is 0 Å². The van der Waals surface area contributed by atoms with Gasteiger partial charge in [0, 0.05) is 10.6 Å². The summed E-state index contributed by atoms with van der Waals surface area (Å²) in [5.41, 5.74) is 5.29. The van der Waals surface area contributed by atoms with Gasteiger partial charge in [0.25, 0.3) is 0 Å². The van der Waals surface area contributed by atoms with Crippen LogP contribution in [0.1, 0.15) is 10.4 Å². The third-order valence-electron chi connectivity index (χ3n) is 2.24. The van der Waals surface area contributed by atoms with Gasteiger partial charge in [0.2, 0.25) is 0 Å². The van der Waals surface area contributed by atoms with Gasteiger partial charge in [-0.15, -0.1) is 11.8 Å². The summed E-state index contributed by atoms with van der Waals surface area (Å²) in [6, 6.07) is 2.32. The average molecular weight is 243 g/mol. The first-order chi connectivity index (χ1) is 7.58. The standard InChI is InChI=1S/C10H10FNO3S/c11-7-2-8(12)6(10(13)14)1-9(7)16-5-3-15-4-5/h1-2,5H,3-4,12H2,(H,13,14). The normalized spacial score (nSPS) is 15.8. The summed E-state index contributed by atoms with van der Waals surface area (Å²) in [5.74, 6) is -1.64. The van der Waals surface area contributed by atoms with E-state index in [4.69, 9.17) is 15.6 Å². The molecule has 0 radical (unpaired) electrons. The highest BCUT2D eigenvalue weighted by atomic mass is 32.2. The molecule has 3 N–H and O–H groups in total. The molecule has 1 saturated heterocycles. The number of hydrogen-bond donors (Lipinski definition) is 2. The van der Waals surface area contributed by atoms with E-state index < -0.39 is 11.8 Å². The molecule has 0 unspecified atom stereocenters. The molecule has 16 heavy (non-hydrogen) atoms. The van der Waals surface area contributed by atoms with Gasteiger partial charge in [-0.2, -0.15) is 0 Å². The third-order valence-corrected chi connectivity index (χ3v) is 3.41. The molecule has 1 fully saturated rings. The zero-order valence-electron chi connectivity index (χ0n) is 8.27. The molecule has 86 valence electrons. The van der Waals surface area contributed by atoms with E-state index in [0.29, 0.717) is 18.1 Å². The first kappa shape index (κ1) is 11.2. The summed E-state index contributed by atoms with van der Waals surface area (Å²) in [6.45, 7) is 1.13. The van der Waals surface area contributed by atoms with Gasteiger partial charge in [-0.25, -0.2) is 9.18 Å². The van der Waals surface area contributed by atoms with Gasteiger partial charge >= 0.3 is 5.97 Å². The Hall–Kier alpha value is -1.27. The monoisotopic (exact) mass is 243 g/mol. The predicted octanol–water partition coefficient (Wildman–Crippen LogP) is 1.60. The Morgan fingerprint density at radius 1 is 1.56 bits per heavy atom. The highest BCUT2D eigenvalue weighted by Gasteiger charge is 2.22. The number of carbonyl (C=O) groups is 1. The summed E-state index contributed by atoms with van der Waals surface area (Å²) < 4.78 is 18.4. The lowest BCUT2D eigenvalue weighted by Gasteiger charge is -2.25. The molecular weight excluding hydrogens is 233 g/mol. The fourth-order valence-electron chi connectivity index (χ4n) is 1.31. The summed E-state index contributed by atoms with van der Waals surface area (Å²) in [4.78, 5) is 11.1. The summed E-state index contributed by atoms with van der Waals surface area (Å²) in [6.07, 6.45) is 0. The number of aromatic carboxylic acids is 1. The van der Waals surface area contributed by atoms with E-state index in [1.54, 1.807) is 0 Å². The Balaban J connectivity index is 2.28. The van der Waals surface area contributed by atoms with Gasteiger partial charge in [0.1, 0.15) is 5.82 Å². The lowest BCUT2D eigenvalue weighted by Crippen LogP contribution is -2.30. The molecule has 0 amide bonds. The first-order valence-corrected chi connectivity index (χ1v) is 5.52. The quantitative estimate of drug-likeness (QED) is 0.789. The SMILES string of the molecule is Nc1cc(F)c(SC2COC2)cc1C(=O)O. The number of halogens is 1. The minimum atomic E-state index is -1.15. The largest absolute Gasteiger partial charge is 0.478 e. The lowest BCUT2D eigenvalue weighted by molar-refractivity contribution is 0.0455. The molecule has 0 spiro atoms. The van der Waals surface area contributed by atoms with E-state index in [1.165, 1.54) is 17.8 Å². The van der Waals surface area contributed by atoms with E-state index in [0.717, 1.165) is 6.07 Å². The molecule has 0 aromatic heterocycles. The Labute approximate surface area is 95.6 Å². The van der Waals surface area contributed by atoms with Crippen LogP contribution in [0.15, 0.2) is 17.0 Å². The van der Waals surface area contributed by atoms with E-state index in [-0.39, 0.29) is 16.5 Å². The zero-order chi connectivity index (χ0) is 11.7. The number of rotatable bonds is 3. The highest BCUT2D eigenvalue weighted by Crippen LogP contribution is 2.32. The number of hydrogen-bond acceptors (Lipinski definition) is 4. The van der Waals surface area contributed by atoms with Crippen molar-refractivity contribution in [3.63, 3.8) is 0 Å². The fourth-order valence-corrected chi connectivity index (χ4v) is 2.35. The second-order valence-electron chi connectivity index (χ2n) is 3.45. The highest BCUT2D eigenvalue weighted by molar-refractivity contribution is 8.00. The van der Waals surface area contributed by atoms with Crippen molar-refractivity contribution in [2.75, 3.05) is 18.9 Å². The van der Waals surface area contributed by atoms with Gasteiger partial charge in [0.05, 0.1) is 24.0 Å². The van der Waals surface area contributed by atoms with Gasteiger partial charge in [-0.3, -0.25) is 0 Å². The second-order valence-corrected chi connectivity index (χ2v) is 4.79. The molecule has 1 heterocycles. The van der Waals surface area contributed by atoms with Crippen molar-refractivity contribution in [3.05, 3.63) is 23.5 Å². The zero-order valence-corrected chi connectivity index (χ0v) is 9.09.